The summed E-state index contributed by atoms with van der Waals surface area (Å²) in [5, 5.41) is 5.63. The first-order valence-electron chi connectivity index (χ1n) is 6.35. The number of halogens is 3. The Morgan fingerprint density at radius 3 is 2.42 bits per heavy atom. The third kappa shape index (κ3) is 5.90. The maximum Gasteiger partial charge on any atom is 0.0445 e. The SMILES string of the molecule is CC(C)C[C@@H](c1cc(Br)cs1)N1CCNCC1.Cl.Cl. The molecule has 2 heterocycles. The average molecular weight is 390 g/mol. The number of nitrogens with zero attached hydrogens (tertiary/aromatic N) is 1. The van der Waals surface area contributed by atoms with Crippen LogP contribution in [-0.4, -0.2) is 31.1 Å². The van der Waals surface area contributed by atoms with Crippen molar-refractivity contribution in [2.24, 2.45) is 5.92 Å². The molecule has 1 fully saturated rings. The van der Waals surface area contributed by atoms with Gasteiger partial charge in [-0.2, -0.15) is 0 Å². The Labute approximate surface area is 141 Å². The van der Waals surface area contributed by atoms with Gasteiger partial charge in [0.05, 0.1) is 0 Å². The van der Waals surface area contributed by atoms with E-state index in [0.717, 1.165) is 19.0 Å². The highest BCUT2D eigenvalue weighted by Gasteiger charge is 2.24. The Morgan fingerprint density at radius 2 is 1.95 bits per heavy atom. The molecule has 0 aliphatic carbocycles. The lowest BCUT2D eigenvalue weighted by atomic mass is 10.0. The molecule has 1 atom stereocenters. The molecule has 1 aromatic rings. The van der Waals surface area contributed by atoms with Gasteiger partial charge in [0.2, 0.25) is 0 Å². The second kappa shape index (κ2) is 9.59. The van der Waals surface area contributed by atoms with Crippen LogP contribution < -0.4 is 5.32 Å². The summed E-state index contributed by atoms with van der Waals surface area (Å²) in [5.41, 5.74) is 0. The molecule has 0 amide bonds. The monoisotopic (exact) mass is 388 g/mol. The summed E-state index contributed by atoms with van der Waals surface area (Å²) < 4.78 is 1.22. The van der Waals surface area contributed by atoms with Crippen molar-refractivity contribution in [3.05, 3.63) is 20.8 Å². The van der Waals surface area contributed by atoms with Crippen molar-refractivity contribution in [2.75, 3.05) is 26.2 Å². The van der Waals surface area contributed by atoms with E-state index >= 15 is 0 Å². The van der Waals surface area contributed by atoms with Crippen LogP contribution in [0, 0.1) is 5.92 Å². The van der Waals surface area contributed by atoms with Gasteiger partial charge >= 0.3 is 0 Å². The lowest BCUT2D eigenvalue weighted by Crippen LogP contribution is -2.45. The van der Waals surface area contributed by atoms with Gasteiger partial charge in [-0.3, -0.25) is 4.90 Å². The van der Waals surface area contributed by atoms with E-state index in [0.29, 0.717) is 6.04 Å². The highest BCUT2D eigenvalue weighted by atomic mass is 79.9. The minimum Gasteiger partial charge on any atom is -0.314 e. The van der Waals surface area contributed by atoms with Crippen LogP contribution in [-0.2, 0) is 0 Å². The van der Waals surface area contributed by atoms with Crippen LogP contribution in [0.1, 0.15) is 31.2 Å². The quantitative estimate of drug-likeness (QED) is 0.823. The summed E-state index contributed by atoms with van der Waals surface area (Å²) >= 11 is 5.45. The third-order valence-electron chi connectivity index (χ3n) is 3.20. The number of rotatable bonds is 4. The van der Waals surface area contributed by atoms with E-state index in [1.54, 1.807) is 0 Å². The van der Waals surface area contributed by atoms with Gasteiger partial charge in [-0.15, -0.1) is 36.2 Å². The highest BCUT2D eigenvalue weighted by Crippen LogP contribution is 2.33. The molecule has 0 radical (unpaired) electrons. The van der Waals surface area contributed by atoms with E-state index in [1.807, 2.05) is 11.3 Å². The number of nitrogens with one attached hydrogen (secondary N) is 1. The molecular formula is C13H23BrCl2N2S. The van der Waals surface area contributed by atoms with Gasteiger partial charge in [0, 0.05) is 47.0 Å². The molecule has 1 aromatic heterocycles. The normalized spacial score (nSPS) is 17.7. The zero-order valence-electron chi connectivity index (χ0n) is 11.4. The molecule has 1 aliphatic heterocycles. The number of hydrogen-bond acceptors (Lipinski definition) is 3. The van der Waals surface area contributed by atoms with Gasteiger partial charge in [0.1, 0.15) is 0 Å². The van der Waals surface area contributed by atoms with Crippen LogP contribution in [0.3, 0.4) is 0 Å². The summed E-state index contributed by atoms with van der Waals surface area (Å²) in [4.78, 5) is 4.14. The fraction of sp³-hybridized carbons (Fsp3) is 0.692. The van der Waals surface area contributed by atoms with Crippen molar-refractivity contribution in [1.82, 2.24) is 10.2 Å². The fourth-order valence-electron chi connectivity index (χ4n) is 2.39. The summed E-state index contributed by atoms with van der Waals surface area (Å²) in [6, 6.07) is 2.90. The second-order valence-electron chi connectivity index (χ2n) is 5.10. The smallest absolute Gasteiger partial charge is 0.0445 e. The molecule has 2 nitrogen and oxygen atoms in total. The molecule has 0 saturated carbocycles. The molecule has 0 aromatic carbocycles. The van der Waals surface area contributed by atoms with Crippen LogP contribution in [0.15, 0.2) is 15.9 Å². The number of piperazine rings is 1. The van der Waals surface area contributed by atoms with Crippen LogP contribution in [0.25, 0.3) is 0 Å². The molecule has 19 heavy (non-hydrogen) atoms. The predicted octanol–water partition coefficient (Wildman–Crippen LogP) is 4.35. The van der Waals surface area contributed by atoms with Gasteiger partial charge in [0.25, 0.3) is 0 Å². The lowest BCUT2D eigenvalue weighted by Gasteiger charge is -2.35. The third-order valence-corrected chi connectivity index (χ3v) is 5.00. The van der Waals surface area contributed by atoms with Crippen molar-refractivity contribution >= 4 is 52.1 Å². The predicted molar refractivity (Wildman–Crippen MR) is 93.2 cm³/mol. The van der Waals surface area contributed by atoms with Crippen LogP contribution in [0.2, 0.25) is 0 Å². The molecule has 1 N–H and O–H groups in total. The molecule has 1 aliphatic rings. The zero-order chi connectivity index (χ0) is 12.3. The van der Waals surface area contributed by atoms with E-state index in [2.05, 4.69) is 51.4 Å². The Hall–Kier alpha value is 0.680. The minimum atomic E-state index is 0. The van der Waals surface area contributed by atoms with Gasteiger partial charge in [-0.05, 0) is 34.3 Å². The Bertz CT molecular complexity index is 354. The van der Waals surface area contributed by atoms with Gasteiger partial charge in [0.15, 0.2) is 0 Å². The molecule has 6 heteroatoms. The van der Waals surface area contributed by atoms with Crippen molar-refractivity contribution < 1.29 is 0 Å². The molecule has 0 unspecified atom stereocenters. The fourth-order valence-corrected chi connectivity index (χ4v) is 3.98. The summed E-state index contributed by atoms with van der Waals surface area (Å²) in [5.74, 6) is 0.746. The first-order valence-corrected chi connectivity index (χ1v) is 8.03. The van der Waals surface area contributed by atoms with Gasteiger partial charge in [-0.1, -0.05) is 13.8 Å². The highest BCUT2D eigenvalue weighted by molar-refractivity contribution is 9.10. The first-order chi connectivity index (χ1) is 8.16. The topological polar surface area (TPSA) is 15.3 Å². The van der Waals surface area contributed by atoms with Crippen LogP contribution >= 0.6 is 52.1 Å². The Kier molecular flexibility index (Phi) is 9.93. The van der Waals surface area contributed by atoms with E-state index in [1.165, 1.54) is 28.9 Å². The van der Waals surface area contributed by atoms with E-state index in [9.17, 15) is 0 Å². The van der Waals surface area contributed by atoms with E-state index in [4.69, 9.17) is 0 Å². The number of hydrogen-bond donors (Lipinski definition) is 1. The van der Waals surface area contributed by atoms with Gasteiger partial charge < -0.3 is 5.32 Å². The number of thiophene rings is 1. The van der Waals surface area contributed by atoms with Crippen molar-refractivity contribution in [1.29, 1.82) is 0 Å². The molecule has 112 valence electrons. The maximum atomic E-state index is 3.57. The van der Waals surface area contributed by atoms with Gasteiger partial charge in [-0.25, -0.2) is 0 Å². The van der Waals surface area contributed by atoms with Crippen LogP contribution in [0.5, 0.6) is 0 Å². The summed E-state index contributed by atoms with van der Waals surface area (Å²) in [7, 11) is 0. The second-order valence-corrected chi connectivity index (χ2v) is 6.96. The molecule has 0 spiro atoms. The largest absolute Gasteiger partial charge is 0.314 e. The van der Waals surface area contributed by atoms with Crippen LogP contribution in [0.4, 0.5) is 0 Å². The summed E-state index contributed by atoms with van der Waals surface area (Å²) in [6.07, 6.45) is 1.26. The molecule has 1 saturated heterocycles. The standard InChI is InChI=1S/C13H21BrN2S.2ClH/c1-10(2)7-12(13-8-11(14)9-17-13)16-5-3-15-4-6-16;;/h8-10,12,15H,3-7H2,1-2H3;2*1H/t12-;;/m0../s1. The zero-order valence-corrected chi connectivity index (χ0v) is 15.4. The molecule has 0 bridgehead atoms. The minimum absolute atomic E-state index is 0. The van der Waals surface area contributed by atoms with E-state index in [-0.39, 0.29) is 24.8 Å². The average Bonchev–Trinajstić information content (AvgIpc) is 2.73. The van der Waals surface area contributed by atoms with Crippen molar-refractivity contribution in [2.45, 2.75) is 26.3 Å². The molecular weight excluding hydrogens is 367 g/mol. The van der Waals surface area contributed by atoms with E-state index < -0.39 is 0 Å². The molecule has 2 rings (SSSR count). The first kappa shape index (κ1) is 19.7. The Balaban J connectivity index is 0.00000162. The van der Waals surface area contributed by atoms with Crippen molar-refractivity contribution in [3.63, 3.8) is 0 Å². The van der Waals surface area contributed by atoms with Crippen molar-refractivity contribution in [3.8, 4) is 0 Å². The maximum absolute atomic E-state index is 3.57. The lowest BCUT2D eigenvalue weighted by molar-refractivity contribution is 0.156. The Morgan fingerprint density at radius 1 is 1.32 bits per heavy atom. The summed E-state index contributed by atoms with van der Waals surface area (Å²) in [6.45, 7) is 9.23.